The molecule has 1 heterocycles. The maximum Gasteiger partial charge on any atom is 0.140 e. The van der Waals surface area contributed by atoms with Gasteiger partial charge in [0.1, 0.15) is 5.78 Å². The van der Waals surface area contributed by atoms with Crippen LogP contribution in [0.5, 0.6) is 0 Å². The second kappa shape index (κ2) is 5.72. The molecule has 3 heteroatoms. The predicted molar refractivity (Wildman–Crippen MR) is 59.8 cm³/mol. The van der Waals surface area contributed by atoms with Crippen molar-refractivity contribution in [3.63, 3.8) is 0 Å². The number of nitrogens with one attached hydrogen (secondary N) is 1. The minimum Gasteiger partial charge on any atom is -0.316 e. The topological polar surface area (TPSA) is 29.1 Å². The number of rotatable bonds is 2. The van der Waals surface area contributed by atoms with Gasteiger partial charge in [0.2, 0.25) is 0 Å². The van der Waals surface area contributed by atoms with E-state index in [4.69, 9.17) is 0 Å². The molecule has 1 N–H and O–H groups in total. The van der Waals surface area contributed by atoms with Crippen LogP contribution in [0.15, 0.2) is 0 Å². The summed E-state index contributed by atoms with van der Waals surface area (Å²) in [4.78, 5) is 12.0. The zero-order valence-corrected chi connectivity index (χ0v) is 9.44. The van der Waals surface area contributed by atoms with E-state index in [2.05, 4.69) is 5.32 Å². The Labute approximate surface area is 92.2 Å². The van der Waals surface area contributed by atoms with Crippen LogP contribution in [0.2, 0.25) is 0 Å². The van der Waals surface area contributed by atoms with Crippen molar-refractivity contribution in [2.45, 2.75) is 38.5 Å². The lowest BCUT2D eigenvalue weighted by molar-refractivity contribution is -0.127. The molecule has 1 aliphatic carbocycles. The van der Waals surface area contributed by atoms with E-state index in [9.17, 15) is 4.79 Å². The Morgan fingerprint density at radius 1 is 1.00 bits per heavy atom. The minimum atomic E-state index is 0. The molecular weight excluding hydrogens is 198 g/mol. The van der Waals surface area contributed by atoms with Crippen LogP contribution >= 0.6 is 12.4 Å². The highest BCUT2D eigenvalue weighted by atomic mass is 35.5. The quantitative estimate of drug-likeness (QED) is 0.768. The second-order valence-electron chi connectivity index (χ2n) is 4.43. The van der Waals surface area contributed by atoms with E-state index in [0.29, 0.717) is 17.6 Å². The van der Waals surface area contributed by atoms with Crippen molar-refractivity contribution in [3.8, 4) is 0 Å². The van der Waals surface area contributed by atoms with E-state index in [1.807, 2.05) is 0 Å². The van der Waals surface area contributed by atoms with Gasteiger partial charge in [-0.25, -0.2) is 0 Å². The first-order valence-corrected chi connectivity index (χ1v) is 5.62. The summed E-state index contributed by atoms with van der Waals surface area (Å²) in [7, 11) is 0. The normalized spacial score (nSPS) is 28.4. The van der Waals surface area contributed by atoms with Gasteiger partial charge in [0.15, 0.2) is 0 Å². The molecule has 2 fully saturated rings. The van der Waals surface area contributed by atoms with E-state index >= 15 is 0 Å². The third-order valence-electron chi connectivity index (χ3n) is 3.47. The molecule has 1 atom stereocenters. The van der Waals surface area contributed by atoms with Crippen LogP contribution in [0, 0.1) is 11.8 Å². The fourth-order valence-corrected chi connectivity index (χ4v) is 2.62. The van der Waals surface area contributed by atoms with Crippen LogP contribution < -0.4 is 5.32 Å². The smallest absolute Gasteiger partial charge is 0.140 e. The van der Waals surface area contributed by atoms with Crippen molar-refractivity contribution in [1.82, 2.24) is 5.32 Å². The van der Waals surface area contributed by atoms with Crippen molar-refractivity contribution in [2.24, 2.45) is 11.8 Å². The zero-order chi connectivity index (χ0) is 9.10. The highest BCUT2D eigenvalue weighted by Gasteiger charge is 2.29. The number of carbonyl (C=O) groups is 1. The molecule has 0 aromatic rings. The van der Waals surface area contributed by atoms with Gasteiger partial charge < -0.3 is 5.32 Å². The van der Waals surface area contributed by atoms with Gasteiger partial charge >= 0.3 is 0 Å². The van der Waals surface area contributed by atoms with Gasteiger partial charge in [0.05, 0.1) is 0 Å². The Morgan fingerprint density at radius 2 is 1.71 bits per heavy atom. The second-order valence-corrected chi connectivity index (χ2v) is 4.43. The van der Waals surface area contributed by atoms with Gasteiger partial charge in [-0.2, -0.15) is 0 Å². The van der Waals surface area contributed by atoms with Gasteiger partial charge in [-0.3, -0.25) is 4.79 Å². The molecular formula is C11H20ClNO. The fourth-order valence-electron chi connectivity index (χ4n) is 2.62. The highest BCUT2D eigenvalue weighted by molar-refractivity contribution is 5.85. The molecule has 82 valence electrons. The number of hydrogen-bond acceptors (Lipinski definition) is 2. The molecule has 0 amide bonds. The van der Waals surface area contributed by atoms with Crippen molar-refractivity contribution >= 4 is 18.2 Å². The Kier molecular flexibility index (Phi) is 4.90. The first-order chi connectivity index (χ1) is 6.38. The largest absolute Gasteiger partial charge is 0.316 e. The number of halogens is 1. The molecule has 2 rings (SSSR count). The third-order valence-corrected chi connectivity index (χ3v) is 3.47. The first kappa shape index (κ1) is 12.0. The molecule has 1 aliphatic heterocycles. The predicted octanol–water partition coefficient (Wildman–Crippen LogP) is 2.17. The van der Waals surface area contributed by atoms with Crippen LogP contribution in [-0.4, -0.2) is 18.9 Å². The molecule has 14 heavy (non-hydrogen) atoms. The summed E-state index contributed by atoms with van der Waals surface area (Å²) in [5, 5.41) is 3.27. The lowest BCUT2D eigenvalue weighted by Gasteiger charge is -2.22. The molecule has 1 saturated heterocycles. The first-order valence-electron chi connectivity index (χ1n) is 5.62. The van der Waals surface area contributed by atoms with Crippen molar-refractivity contribution in [3.05, 3.63) is 0 Å². The van der Waals surface area contributed by atoms with Crippen molar-refractivity contribution in [2.75, 3.05) is 13.1 Å². The molecule has 2 nitrogen and oxygen atoms in total. The molecule has 1 saturated carbocycles. The van der Waals surface area contributed by atoms with Gasteiger partial charge in [0.25, 0.3) is 0 Å². The van der Waals surface area contributed by atoms with Crippen LogP contribution in [0.4, 0.5) is 0 Å². The van der Waals surface area contributed by atoms with Crippen LogP contribution in [0.1, 0.15) is 38.5 Å². The zero-order valence-electron chi connectivity index (χ0n) is 8.63. The Hall–Kier alpha value is -0.0800. The lowest BCUT2D eigenvalue weighted by Crippen LogP contribution is -2.26. The minimum absolute atomic E-state index is 0. The number of hydrogen-bond donors (Lipinski definition) is 1. The summed E-state index contributed by atoms with van der Waals surface area (Å²) >= 11 is 0. The average Bonchev–Trinajstić information content (AvgIpc) is 2.71. The summed E-state index contributed by atoms with van der Waals surface area (Å²) in [5.74, 6) is 1.33. The summed E-state index contributed by atoms with van der Waals surface area (Å²) in [5.41, 5.74) is 0. The Bertz CT molecular complexity index is 184. The number of Topliss-reactive ketones (excluding diaryl/α,β-unsaturated/α-hetero) is 1. The van der Waals surface area contributed by atoms with E-state index in [0.717, 1.165) is 32.4 Å². The van der Waals surface area contributed by atoms with E-state index in [1.54, 1.807) is 0 Å². The molecule has 2 aliphatic rings. The van der Waals surface area contributed by atoms with Gasteiger partial charge in [-0.05, 0) is 25.8 Å². The van der Waals surface area contributed by atoms with Crippen LogP contribution in [0.3, 0.4) is 0 Å². The molecule has 0 spiro atoms. The van der Waals surface area contributed by atoms with E-state index in [1.165, 1.54) is 19.3 Å². The maximum absolute atomic E-state index is 12.0. The van der Waals surface area contributed by atoms with E-state index < -0.39 is 0 Å². The summed E-state index contributed by atoms with van der Waals surface area (Å²) < 4.78 is 0. The van der Waals surface area contributed by atoms with Crippen LogP contribution in [0.25, 0.3) is 0 Å². The van der Waals surface area contributed by atoms with Crippen molar-refractivity contribution < 1.29 is 4.79 Å². The molecule has 0 bridgehead atoms. The monoisotopic (exact) mass is 217 g/mol. The van der Waals surface area contributed by atoms with Gasteiger partial charge in [-0.15, -0.1) is 12.4 Å². The molecule has 1 unspecified atom stereocenters. The summed E-state index contributed by atoms with van der Waals surface area (Å²) in [6.45, 7) is 1.98. The Balaban J connectivity index is 0.000000980. The summed E-state index contributed by atoms with van der Waals surface area (Å²) in [6, 6.07) is 0. The number of carbonyl (C=O) groups excluding carboxylic acids is 1. The standard InChI is InChI=1S/C11H19NO.ClH/c13-11(10-6-7-12-8-10)9-4-2-1-3-5-9;/h9-10,12H,1-8H2;1H. The molecule has 0 radical (unpaired) electrons. The third kappa shape index (κ3) is 2.71. The van der Waals surface area contributed by atoms with Gasteiger partial charge in [-0.1, -0.05) is 19.3 Å². The fraction of sp³-hybridized carbons (Fsp3) is 0.909. The van der Waals surface area contributed by atoms with Crippen LogP contribution in [-0.2, 0) is 4.79 Å². The summed E-state index contributed by atoms with van der Waals surface area (Å²) in [6.07, 6.45) is 7.29. The maximum atomic E-state index is 12.0. The van der Waals surface area contributed by atoms with E-state index in [-0.39, 0.29) is 12.4 Å². The molecule has 0 aromatic carbocycles. The number of ketones is 1. The highest BCUT2D eigenvalue weighted by Crippen LogP contribution is 2.28. The average molecular weight is 218 g/mol. The lowest BCUT2D eigenvalue weighted by atomic mass is 9.81. The van der Waals surface area contributed by atoms with Crippen molar-refractivity contribution in [1.29, 1.82) is 0 Å². The SMILES string of the molecule is Cl.O=C(C1CCCCC1)C1CCNC1. The molecule has 0 aromatic heterocycles. The Morgan fingerprint density at radius 3 is 2.29 bits per heavy atom. The van der Waals surface area contributed by atoms with Gasteiger partial charge in [0, 0.05) is 18.4 Å².